The van der Waals surface area contributed by atoms with Crippen molar-refractivity contribution in [2.45, 2.75) is 40.0 Å². The van der Waals surface area contributed by atoms with Crippen LogP contribution < -0.4 is 4.74 Å². The lowest BCUT2D eigenvalue weighted by molar-refractivity contribution is -0.148. The number of carbonyl (C=O) groups excluding carboxylic acids is 2. The average Bonchev–Trinajstić information content (AvgIpc) is 3.48. The molecule has 0 aromatic heterocycles. The van der Waals surface area contributed by atoms with Crippen molar-refractivity contribution in [3.8, 4) is 22.6 Å². The van der Waals surface area contributed by atoms with Gasteiger partial charge in [0.05, 0.1) is 7.11 Å². The number of benzene rings is 2. The maximum Gasteiger partial charge on any atom is 0.315 e. The molecule has 0 atom stereocenters. The van der Waals surface area contributed by atoms with Crippen LogP contribution >= 0.6 is 0 Å². The van der Waals surface area contributed by atoms with Gasteiger partial charge in [-0.1, -0.05) is 25.1 Å². The number of hydrogen-bond donors (Lipinski definition) is 1. The highest BCUT2D eigenvalue weighted by Crippen LogP contribution is 2.48. The van der Waals surface area contributed by atoms with Crippen LogP contribution in [0, 0.1) is 12.3 Å². The molecule has 0 spiro atoms. The molecule has 1 saturated carbocycles. The molecule has 5 heteroatoms. The SMILES string of the molecule is CCc1cc(-c2ccc(O)c(C)c2OCC2(C(=O)OC)CC2)ccc1C(C)=O. The van der Waals surface area contributed by atoms with E-state index in [-0.39, 0.29) is 24.1 Å². The van der Waals surface area contributed by atoms with Crippen LogP contribution in [-0.2, 0) is 16.0 Å². The van der Waals surface area contributed by atoms with Gasteiger partial charge in [-0.25, -0.2) is 0 Å². The Morgan fingerprint density at radius 3 is 2.46 bits per heavy atom. The number of ketones is 1. The molecule has 0 radical (unpaired) electrons. The van der Waals surface area contributed by atoms with Gasteiger partial charge in [0.1, 0.15) is 23.5 Å². The summed E-state index contributed by atoms with van der Waals surface area (Å²) in [6, 6.07) is 9.15. The molecule has 0 saturated heterocycles. The zero-order valence-corrected chi connectivity index (χ0v) is 16.8. The van der Waals surface area contributed by atoms with Crippen LogP contribution in [-0.4, -0.2) is 30.6 Å². The van der Waals surface area contributed by atoms with E-state index in [9.17, 15) is 14.7 Å². The Balaban J connectivity index is 1.99. The smallest absolute Gasteiger partial charge is 0.315 e. The van der Waals surface area contributed by atoms with E-state index in [4.69, 9.17) is 9.47 Å². The summed E-state index contributed by atoms with van der Waals surface area (Å²) in [6.07, 6.45) is 2.21. The molecule has 2 aromatic rings. The van der Waals surface area contributed by atoms with Gasteiger partial charge in [0, 0.05) is 16.7 Å². The van der Waals surface area contributed by atoms with Crippen LogP contribution in [0.1, 0.15) is 48.2 Å². The van der Waals surface area contributed by atoms with Gasteiger partial charge < -0.3 is 14.6 Å². The molecule has 0 bridgehead atoms. The van der Waals surface area contributed by atoms with E-state index in [1.54, 1.807) is 26.0 Å². The summed E-state index contributed by atoms with van der Waals surface area (Å²) in [5, 5.41) is 10.2. The number of esters is 1. The van der Waals surface area contributed by atoms with Crippen LogP contribution in [0.15, 0.2) is 30.3 Å². The molecule has 2 aromatic carbocycles. The quantitative estimate of drug-likeness (QED) is 0.565. The third-order valence-electron chi connectivity index (χ3n) is 5.52. The first-order chi connectivity index (χ1) is 13.3. The molecule has 5 nitrogen and oxygen atoms in total. The second kappa shape index (κ2) is 7.66. The molecule has 1 aliphatic rings. The highest BCUT2D eigenvalue weighted by atomic mass is 16.5. The van der Waals surface area contributed by atoms with Gasteiger partial charge in [0.15, 0.2) is 5.78 Å². The number of Topliss-reactive ketones (excluding diaryl/α,β-unsaturated/α-hetero) is 1. The molecule has 1 fully saturated rings. The first-order valence-electron chi connectivity index (χ1n) is 9.51. The zero-order chi connectivity index (χ0) is 20.5. The lowest BCUT2D eigenvalue weighted by Crippen LogP contribution is -2.25. The fraction of sp³-hybridized carbons (Fsp3) is 0.391. The fourth-order valence-electron chi connectivity index (χ4n) is 3.48. The van der Waals surface area contributed by atoms with E-state index < -0.39 is 5.41 Å². The topological polar surface area (TPSA) is 72.8 Å². The van der Waals surface area contributed by atoms with E-state index in [1.807, 2.05) is 25.1 Å². The Hall–Kier alpha value is -2.82. The van der Waals surface area contributed by atoms with Gasteiger partial charge in [0.25, 0.3) is 0 Å². The molecule has 1 aliphatic carbocycles. The summed E-state index contributed by atoms with van der Waals surface area (Å²) in [7, 11) is 1.39. The van der Waals surface area contributed by atoms with Gasteiger partial charge >= 0.3 is 5.97 Å². The second-order valence-corrected chi connectivity index (χ2v) is 7.43. The number of methoxy groups -OCH3 is 1. The third-order valence-corrected chi connectivity index (χ3v) is 5.52. The molecule has 0 heterocycles. The highest BCUT2D eigenvalue weighted by molar-refractivity contribution is 5.96. The molecule has 28 heavy (non-hydrogen) atoms. The highest BCUT2D eigenvalue weighted by Gasteiger charge is 2.52. The maximum absolute atomic E-state index is 12.0. The van der Waals surface area contributed by atoms with Gasteiger partial charge in [0.2, 0.25) is 0 Å². The van der Waals surface area contributed by atoms with Gasteiger partial charge in [-0.05, 0) is 56.4 Å². The minimum Gasteiger partial charge on any atom is -0.508 e. The van der Waals surface area contributed by atoms with Gasteiger partial charge in [-0.3, -0.25) is 9.59 Å². The number of phenols is 1. The summed E-state index contributed by atoms with van der Waals surface area (Å²) in [6.45, 7) is 5.58. The number of rotatable bonds is 7. The summed E-state index contributed by atoms with van der Waals surface area (Å²) in [4.78, 5) is 23.9. The van der Waals surface area contributed by atoms with Crippen LogP contribution in [0.2, 0.25) is 0 Å². The number of ether oxygens (including phenoxy) is 2. The molecular weight excluding hydrogens is 356 g/mol. The van der Waals surface area contributed by atoms with Crippen molar-refractivity contribution in [2.75, 3.05) is 13.7 Å². The minimum absolute atomic E-state index is 0.0375. The summed E-state index contributed by atoms with van der Waals surface area (Å²) >= 11 is 0. The van der Waals surface area contributed by atoms with E-state index in [0.29, 0.717) is 16.9 Å². The standard InChI is InChI=1S/C23H26O5/c1-5-16-12-17(6-7-18(16)15(3)24)19-8-9-20(25)14(2)21(19)28-13-23(10-11-23)22(26)27-4/h6-9,12,25H,5,10-11,13H2,1-4H3. The van der Waals surface area contributed by atoms with E-state index in [1.165, 1.54) is 7.11 Å². The number of carbonyl (C=O) groups is 2. The number of aromatic hydroxyl groups is 1. The lowest BCUT2D eigenvalue weighted by atomic mass is 9.94. The van der Waals surface area contributed by atoms with Crippen molar-refractivity contribution < 1.29 is 24.2 Å². The normalized spacial score (nSPS) is 14.4. The zero-order valence-electron chi connectivity index (χ0n) is 16.8. The van der Waals surface area contributed by atoms with Crippen molar-refractivity contribution in [3.05, 3.63) is 47.0 Å². The van der Waals surface area contributed by atoms with Gasteiger partial charge in [-0.2, -0.15) is 0 Å². The first-order valence-corrected chi connectivity index (χ1v) is 9.51. The van der Waals surface area contributed by atoms with Crippen molar-refractivity contribution >= 4 is 11.8 Å². The molecule has 0 aliphatic heterocycles. The Morgan fingerprint density at radius 1 is 1.18 bits per heavy atom. The summed E-state index contributed by atoms with van der Waals surface area (Å²) < 4.78 is 11.0. The second-order valence-electron chi connectivity index (χ2n) is 7.43. The molecule has 0 unspecified atom stereocenters. The molecule has 148 valence electrons. The van der Waals surface area contributed by atoms with Gasteiger partial charge in [-0.15, -0.1) is 0 Å². The van der Waals surface area contributed by atoms with Crippen LogP contribution in [0.4, 0.5) is 0 Å². The van der Waals surface area contributed by atoms with Crippen LogP contribution in [0.3, 0.4) is 0 Å². The minimum atomic E-state index is -0.586. The number of aryl methyl sites for hydroxylation is 1. The Bertz CT molecular complexity index is 925. The largest absolute Gasteiger partial charge is 0.508 e. The third kappa shape index (κ3) is 3.61. The van der Waals surface area contributed by atoms with E-state index >= 15 is 0 Å². The molecule has 0 amide bonds. The summed E-state index contributed by atoms with van der Waals surface area (Å²) in [5.41, 5.74) is 3.44. The van der Waals surface area contributed by atoms with Crippen molar-refractivity contribution in [1.82, 2.24) is 0 Å². The Kier molecular flexibility index (Phi) is 5.45. The lowest BCUT2D eigenvalue weighted by Gasteiger charge is -2.19. The van der Waals surface area contributed by atoms with E-state index in [2.05, 4.69) is 0 Å². The molecule has 1 N–H and O–H groups in total. The summed E-state index contributed by atoms with van der Waals surface area (Å²) in [5.74, 6) is 0.465. The maximum atomic E-state index is 12.0. The molecular formula is C23H26O5. The van der Waals surface area contributed by atoms with Crippen molar-refractivity contribution in [1.29, 1.82) is 0 Å². The predicted molar refractivity (Wildman–Crippen MR) is 107 cm³/mol. The predicted octanol–water partition coefficient (Wildman–Crippen LogP) is 4.46. The molecule has 3 rings (SSSR count). The first kappa shape index (κ1) is 19.9. The van der Waals surface area contributed by atoms with E-state index in [0.717, 1.165) is 36.0 Å². The van der Waals surface area contributed by atoms with Crippen LogP contribution in [0.25, 0.3) is 11.1 Å². The monoisotopic (exact) mass is 382 g/mol. The Labute approximate surface area is 165 Å². The van der Waals surface area contributed by atoms with Crippen LogP contribution in [0.5, 0.6) is 11.5 Å². The van der Waals surface area contributed by atoms with Crippen molar-refractivity contribution in [2.24, 2.45) is 5.41 Å². The number of phenolic OH excluding ortho intramolecular Hbond substituents is 1. The van der Waals surface area contributed by atoms with Crippen molar-refractivity contribution in [3.63, 3.8) is 0 Å². The number of hydrogen-bond acceptors (Lipinski definition) is 5. The average molecular weight is 382 g/mol. The fourth-order valence-corrected chi connectivity index (χ4v) is 3.48. The Morgan fingerprint density at radius 2 is 1.89 bits per heavy atom.